The standard InChI is InChI=1S/C17H26N2O/c1-2-19(12-16-8-5-9-20-16)17(13-18)10-14-6-3-4-7-15(14)11-17/h3-4,6-7,16H,2,5,8-13,18H2,1H3. The van der Waals surface area contributed by atoms with Gasteiger partial charge in [-0.15, -0.1) is 0 Å². The third-order valence-electron chi connectivity index (χ3n) is 5.04. The minimum atomic E-state index is 0.102. The zero-order chi connectivity index (χ0) is 14.0. The first-order valence-corrected chi connectivity index (χ1v) is 7.91. The fourth-order valence-electron chi connectivity index (χ4n) is 3.86. The fourth-order valence-corrected chi connectivity index (χ4v) is 3.86. The number of hydrogen-bond donors (Lipinski definition) is 1. The molecule has 0 saturated carbocycles. The van der Waals surface area contributed by atoms with Gasteiger partial charge in [-0.25, -0.2) is 0 Å². The molecule has 3 heteroatoms. The van der Waals surface area contributed by atoms with E-state index in [4.69, 9.17) is 10.5 Å². The number of hydrogen-bond acceptors (Lipinski definition) is 3. The van der Waals surface area contributed by atoms with Gasteiger partial charge in [0.15, 0.2) is 0 Å². The Morgan fingerprint density at radius 2 is 2.00 bits per heavy atom. The topological polar surface area (TPSA) is 38.5 Å². The summed E-state index contributed by atoms with van der Waals surface area (Å²) in [6.45, 7) is 5.97. The molecule has 2 N–H and O–H groups in total. The molecule has 0 bridgehead atoms. The van der Waals surface area contributed by atoms with Crippen LogP contribution in [-0.2, 0) is 17.6 Å². The molecule has 1 fully saturated rings. The highest BCUT2D eigenvalue weighted by atomic mass is 16.5. The van der Waals surface area contributed by atoms with Crippen molar-refractivity contribution in [1.29, 1.82) is 0 Å². The van der Waals surface area contributed by atoms with E-state index in [1.807, 2.05) is 0 Å². The summed E-state index contributed by atoms with van der Waals surface area (Å²) in [4.78, 5) is 2.57. The molecular formula is C17H26N2O. The Hall–Kier alpha value is -0.900. The number of rotatable bonds is 5. The summed E-state index contributed by atoms with van der Waals surface area (Å²) in [5.74, 6) is 0. The van der Waals surface area contributed by atoms with Crippen molar-refractivity contribution < 1.29 is 4.74 Å². The van der Waals surface area contributed by atoms with Gasteiger partial charge in [-0.05, 0) is 43.4 Å². The molecule has 110 valence electrons. The van der Waals surface area contributed by atoms with Gasteiger partial charge >= 0.3 is 0 Å². The van der Waals surface area contributed by atoms with Crippen molar-refractivity contribution in [2.75, 3.05) is 26.2 Å². The lowest BCUT2D eigenvalue weighted by molar-refractivity contribution is 0.0276. The second-order valence-corrected chi connectivity index (χ2v) is 6.22. The van der Waals surface area contributed by atoms with Crippen LogP contribution >= 0.6 is 0 Å². The Morgan fingerprint density at radius 1 is 1.30 bits per heavy atom. The van der Waals surface area contributed by atoms with Gasteiger partial charge in [-0.3, -0.25) is 4.90 Å². The SMILES string of the molecule is CCN(CC1CCCO1)C1(CN)Cc2ccccc2C1. The van der Waals surface area contributed by atoms with Crippen LogP contribution in [0.4, 0.5) is 0 Å². The molecule has 1 aliphatic carbocycles. The molecule has 1 aliphatic heterocycles. The first kappa shape index (κ1) is 14.1. The zero-order valence-electron chi connectivity index (χ0n) is 12.5. The Kier molecular flexibility index (Phi) is 4.11. The van der Waals surface area contributed by atoms with Crippen molar-refractivity contribution in [3.8, 4) is 0 Å². The van der Waals surface area contributed by atoms with Gasteiger partial charge in [0.1, 0.15) is 0 Å². The molecule has 2 aliphatic rings. The summed E-state index contributed by atoms with van der Waals surface area (Å²) in [5.41, 5.74) is 9.27. The maximum atomic E-state index is 6.22. The third kappa shape index (κ3) is 2.50. The lowest BCUT2D eigenvalue weighted by atomic mass is 9.92. The molecule has 0 amide bonds. The van der Waals surface area contributed by atoms with E-state index in [-0.39, 0.29) is 5.54 Å². The van der Waals surface area contributed by atoms with E-state index in [0.29, 0.717) is 6.10 Å². The van der Waals surface area contributed by atoms with Gasteiger partial charge in [0.2, 0.25) is 0 Å². The van der Waals surface area contributed by atoms with Crippen LogP contribution < -0.4 is 5.73 Å². The molecule has 3 nitrogen and oxygen atoms in total. The lowest BCUT2D eigenvalue weighted by Crippen LogP contribution is -2.56. The number of nitrogens with two attached hydrogens (primary N) is 1. The molecule has 1 heterocycles. The van der Waals surface area contributed by atoms with Crippen LogP contribution in [0.3, 0.4) is 0 Å². The molecule has 3 rings (SSSR count). The van der Waals surface area contributed by atoms with Gasteiger partial charge in [0, 0.05) is 25.2 Å². The third-order valence-corrected chi connectivity index (χ3v) is 5.04. The normalized spacial score (nSPS) is 24.2. The molecule has 1 aromatic rings. The maximum Gasteiger partial charge on any atom is 0.0703 e. The zero-order valence-corrected chi connectivity index (χ0v) is 12.5. The van der Waals surface area contributed by atoms with Gasteiger partial charge in [0.25, 0.3) is 0 Å². The van der Waals surface area contributed by atoms with Crippen LogP contribution in [0.25, 0.3) is 0 Å². The van der Waals surface area contributed by atoms with Crippen molar-refractivity contribution in [3.63, 3.8) is 0 Å². The summed E-state index contributed by atoms with van der Waals surface area (Å²) >= 11 is 0. The highest BCUT2D eigenvalue weighted by Crippen LogP contribution is 2.34. The van der Waals surface area contributed by atoms with Crippen molar-refractivity contribution in [3.05, 3.63) is 35.4 Å². The quantitative estimate of drug-likeness (QED) is 0.892. The molecule has 1 atom stereocenters. The van der Waals surface area contributed by atoms with Crippen LogP contribution in [-0.4, -0.2) is 42.8 Å². The number of likely N-dealkylation sites (N-methyl/N-ethyl adjacent to an activating group) is 1. The molecule has 1 unspecified atom stereocenters. The second-order valence-electron chi connectivity index (χ2n) is 6.22. The van der Waals surface area contributed by atoms with Crippen LogP contribution in [0.2, 0.25) is 0 Å². The van der Waals surface area contributed by atoms with Crippen LogP contribution in [0.5, 0.6) is 0 Å². The van der Waals surface area contributed by atoms with Gasteiger partial charge in [-0.2, -0.15) is 0 Å². The van der Waals surface area contributed by atoms with Crippen molar-refractivity contribution >= 4 is 0 Å². The summed E-state index contributed by atoms with van der Waals surface area (Å²) in [7, 11) is 0. The Bertz CT molecular complexity index is 429. The number of fused-ring (bicyclic) bond motifs is 1. The smallest absolute Gasteiger partial charge is 0.0703 e. The number of ether oxygens (including phenoxy) is 1. The van der Waals surface area contributed by atoms with Gasteiger partial charge in [-0.1, -0.05) is 31.2 Å². The van der Waals surface area contributed by atoms with Crippen LogP contribution in [0.1, 0.15) is 30.9 Å². The van der Waals surface area contributed by atoms with Crippen molar-refractivity contribution in [2.24, 2.45) is 5.73 Å². The first-order valence-electron chi connectivity index (χ1n) is 7.91. The summed E-state index contributed by atoms with van der Waals surface area (Å²) in [6.07, 6.45) is 4.98. The predicted molar refractivity (Wildman–Crippen MR) is 81.9 cm³/mol. The van der Waals surface area contributed by atoms with Crippen LogP contribution in [0.15, 0.2) is 24.3 Å². The summed E-state index contributed by atoms with van der Waals surface area (Å²) in [5, 5.41) is 0. The van der Waals surface area contributed by atoms with Gasteiger partial charge < -0.3 is 10.5 Å². The van der Waals surface area contributed by atoms with Crippen molar-refractivity contribution in [2.45, 2.75) is 44.2 Å². The van der Waals surface area contributed by atoms with Crippen LogP contribution in [0, 0.1) is 0 Å². The minimum Gasteiger partial charge on any atom is -0.377 e. The molecule has 0 radical (unpaired) electrons. The van der Waals surface area contributed by atoms with E-state index >= 15 is 0 Å². The second kappa shape index (κ2) is 5.84. The largest absolute Gasteiger partial charge is 0.377 e. The van der Waals surface area contributed by atoms with E-state index in [1.165, 1.54) is 24.0 Å². The Labute approximate surface area is 122 Å². The first-order chi connectivity index (χ1) is 9.77. The van der Waals surface area contributed by atoms with E-state index in [1.54, 1.807) is 0 Å². The average Bonchev–Trinajstić information content (AvgIpc) is 3.11. The molecule has 0 aromatic heterocycles. The highest BCUT2D eigenvalue weighted by molar-refractivity contribution is 5.36. The number of nitrogens with zero attached hydrogens (tertiary/aromatic N) is 1. The van der Waals surface area contributed by atoms with E-state index in [9.17, 15) is 0 Å². The fraction of sp³-hybridized carbons (Fsp3) is 0.647. The van der Waals surface area contributed by atoms with E-state index < -0.39 is 0 Å². The Morgan fingerprint density at radius 3 is 2.50 bits per heavy atom. The molecular weight excluding hydrogens is 248 g/mol. The molecule has 0 spiro atoms. The monoisotopic (exact) mass is 274 g/mol. The maximum absolute atomic E-state index is 6.22. The lowest BCUT2D eigenvalue weighted by Gasteiger charge is -2.41. The Balaban J connectivity index is 1.78. The average molecular weight is 274 g/mol. The molecule has 1 saturated heterocycles. The van der Waals surface area contributed by atoms with E-state index in [2.05, 4.69) is 36.1 Å². The van der Waals surface area contributed by atoms with Gasteiger partial charge in [0.05, 0.1) is 6.10 Å². The molecule has 20 heavy (non-hydrogen) atoms. The van der Waals surface area contributed by atoms with Crippen molar-refractivity contribution in [1.82, 2.24) is 4.90 Å². The molecule has 1 aromatic carbocycles. The summed E-state index contributed by atoms with van der Waals surface area (Å²) in [6, 6.07) is 8.79. The predicted octanol–water partition coefficient (Wildman–Crippen LogP) is 1.98. The highest BCUT2D eigenvalue weighted by Gasteiger charge is 2.41. The summed E-state index contributed by atoms with van der Waals surface area (Å²) < 4.78 is 5.83. The minimum absolute atomic E-state index is 0.102. The van der Waals surface area contributed by atoms with E-state index in [0.717, 1.165) is 39.1 Å². The number of benzene rings is 1.